The number of nitrogens with one attached hydrogen (secondary N) is 2. The summed E-state index contributed by atoms with van der Waals surface area (Å²) >= 11 is 0. The Kier molecular flexibility index (Phi) is 3.15. The molecule has 19 heavy (non-hydrogen) atoms. The number of hydrogen-bond donors (Lipinski definition) is 2. The molecule has 2 aliphatic rings. The fourth-order valence-corrected chi connectivity index (χ4v) is 4.88. The van der Waals surface area contributed by atoms with Gasteiger partial charge in [-0.2, -0.15) is 9.40 Å². The van der Waals surface area contributed by atoms with Crippen molar-refractivity contribution in [2.75, 3.05) is 26.2 Å². The van der Waals surface area contributed by atoms with Gasteiger partial charge in [0.25, 0.3) is 0 Å². The summed E-state index contributed by atoms with van der Waals surface area (Å²) < 4.78 is 26.8. The number of hydrogen-bond acceptors (Lipinski definition) is 4. The SMILES string of the molecule is Cc1[nH]ncc1S(=O)(=O)N1CCC2(CCNCC2)C1. The molecule has 7 heteroatoms. The Bertz CT molecular complexity index is 560. The van der Waals surface area contributed by atoms with Crippen LogP contribution in [0.1, 0.15) is 25.0 Å². The van der Waals surface area contributed by atoms with E-state index in [1.54, 1.807) is 11.2 Å². The topological polar surface area (TPSA) is 78.1 Å². The lowest BCUT2D eigenvalue weighted by molar-refractivity contribution is 0.218. The van der Waals surface area contributed by atoms with Crippen molar-refractivity contribution < 1.29 is 8.42 Å². The summed E-state index contributed by atoms with van der Waals surface area (Å²) in [5.41, 5.74) is 0.807. The predicted molar refractivity (Wildman–Crippen MR) is 71.2 cm³/mol. The molecule has 0 aliphatic carbocycles. The minimum Gasteiger partial charge on any atom is -0.317 e. The molecule has 2 aliphatic heterocycles. The number of aryl methyl sites for hydroxylation is 1. The van der Waals surface area contributed by atoms with E-state index < -0.39 is 10.0 Å². The lowest BCUT2D eigenvalue weighted by Crippen LogP contribution is -2.39. The maximum absolute atomic E-state index is 12.6. The number of aromatic nitrogens is 2. The van der Waals surface area contributed by atoms with Gasteiger partial charge in [-0.05, 0) is 44.7 Å². The third kappa shape index (κ3) is 2.19. The molecule has 2 N–H and O–H groups in total. The van der Waals surface area contributed by atoms with Crippen molar-refractivity contribution in [2.24, 2.45) is 5.41 Å². The van der Waals surface area contributed by atoms with Gasteiger partial charge in [-0.15, -0.1) is 0 Å². The van der Waals surface area contributed by atoms with Crippen LogP contribution in [0.15, 0.2) is 11.1 Å². The van der Waals surface area contributed by atoms with Gasteiger partial charge >= 0.3 is 0 Å². The van der Waals surface area contributed by atoms with Crippen LogP contribution in [0.4, 0.5) is 0 Å². The molecule has 6 nitrogen and oxygen atoms in total. The molecule has 1 spiro atoms. The average Bonchev–Trinajstić information content (AvgIpc) is 2.98. The van der Waals surface area contributed by atoms with Gasteiger partial charge in [-0.1, -0.05) is 0 Å². The van der Waals surface area contributed by atoms with Crippen LogP contribution >= 0.6 is 0 Å². The summed E-state index contributed by atoms with van der Waals surface area (Å²) in [5, 5.41) is 9.87. The molecule has 0 atom stereocenters. The van der Waals surface area contributed by atoms with E-state index in [1.807, 2.05) is 0 Å². The minimum absolute atomic E-state index is 0.190. The van der Waals surface area contributed by atoms with Crippen LogP contribution in [0.2, 0.25) is 0 Å². The Morgan fingerprint density at radius 3 is 2.68 bits per heavy atom. The lowest BCUT2D eigenvalue weighted by atomic mass is 9.78. The maximum Gasteiger partial charge on any atom is 0.246 e. The van der Waals surface area contributed by atoms with Crippen molar-refractivity contribution in [2.45, 2.75) is 31.1 Å². The van der Waals surface area contributed by atoms with E-state index in [0.29, 0.717) is 23.7 Å². The Morgan fingerprint density at radius 1 is 1.32 bits per heavy atom. The summed E-state index contributed by atoms with van der Waals surface area (Å²) in [4.78, 5) is 0.318. The fraction of sp³-hybridized carbons (Fsp3) is 0.750. The number of aromatic amines is 1. The lowest BCUT2D eigenvalue weighted by Gasteiger charge is -2.33. The first kappa shape index (κ1) is 13.1. The van der Waals surface area contributed by atoms with E-state index >= 15 is 0 Å². The number of nitrogens with zero attached hydrogens (tertiary/aromatic N) is 2. The van der Waals surface area contributed by atoms with Crippen molar-refractivity contribution in [3.8, 4) is 0 Å². The number of sulfonamides is 1. The number of rotatable bonds is 2. The predicted octanol–water partition coefficient (Wildman–Crippen LogP) is 0.482. The van der Waals surface area contributed by atoms with E-state index in [4.69, 9.17) is 0 Å². The smallest absolute Gasteiger partial charge is 0.246 e. The van der Waals surface area contributed by atoms with E-state index in [-0.39, 0.29) is 5.41 Å². The molecule has 1 aromatic rings. The van der Waals surface area contributed by atoms with Crippen LogP contribution in [0.25, 0.3) is 0 Å². The molecule has 2 fully saturated rings. The van der Waals surface area contributed by atoms with E-state index in [0.717, 1.165) is 32.4 Å². The Hall–Kier alpha value is -0.920. The van der Waals surface area contributed by atoms with Gasteiger partial charge in [0.1, 0.15) is 4.90 Å². The van der Waals surface area contributed by atoms with Gasteiger partial charge in [0, 0.05) is 13.1 Å². The minimum atomic E-state index is -3.38. The van der Waals surface area contributed by atoms with Crippen LogP contribution in [0.5, 0.6) is 0 Å². The first-order chi connectivity index (χ1) is 9.04. The summed E-state index contributed by atoms with van der Waals surface area (Å²) in [7, 11) is -3.38. The largest absolute Gasteiger partial charge is 0.317 e. The van der Waals surface area contributed by atoms with Crippen LogP contribution in [0.3, 0.4) is 0 Å². The summed E-state index contributed by atoms with van der Waals surface area (Å²) in [6, 6.07) is 0. The highest BCUT2D eigenvalue weighted by Gasteiger charge is 2.43. The van der Waals surface area contributed by atoms with Gasteiger partial charge in [0.05, 0.1) is 11.9 Å². The van der Waals surface area contributed by atoms with Crippen molar-refractivity contribution in [1.82, 2.24) is 19.8 Å². The molecule has 0 aromatic carbocycles. The molecule has 0 saturated carbocycles. The monoisotopic (exact) mass is 284 g/mol. The Labute approximate surface area is 113 Å². The molecule has 0 unspecified atom stereocenters. The third-order valence-corrected chi connectivity index (χ3v) is 6.43. The molecule has 0 radical (unpaired) electrons. The van der Waals surface area contributed by atoms with Gasteiger partial charge in [0.2, 0.25) is 10.0 Å². The zero-order valence-electron chi connectivity index (χ0n) is 11.1. The highest BCUT2D eigenvalue weighted by atomic mass is 32.2. The molecule has 1 aromatic heterocycles. The van der Waals surface area contributed by atoms with E-state index in [2.05, 4.69) is 15.5 Å². The molecule has 2 saturated heterocycles. The van der Waals surface area contributed by atoms with Crippen molar-refractivity contribution in [1.29, 1.82) is 0 Å². The molecule has 0 amide bonds. The van der Waals surface area contributed by atoms with Gasteiger partial charge in [-0.25, -0.2) is 8.42 Å². The van der Waals surface area contributed by atoms with Crippen LogP contribution in [-0.4, -0.2) is 49.1 Å². The van der Waals surface area contributed by atoms with Crippen LogP contribution in [0, 0.1) is 12.3 Å². The third-order valence-electron chi connectivity index (χ3n) is 4.47. The van der Waals surface area contributed by atoms with E-state index in [1.165, 1.54) is 6.20 Å². The average molecular weight is 284 g/mol. The van der Waals surface area contributed by atoms with Crippen LogP contribution < -0.4 is 5.32 Å². The Balaban J connectivity index is 1.83. The second-order valence-electron chi connectivity index (χ2n) is 5.70. The molecule has 106 valence electrons. The zero-order chi connectivity index (χ0) is 13.5. The van der Waals surface area contributed by atoms with E-state index in [9.17, 15) is 8.42 Å². The maximum atomic E-state index is 12.6. The fourth-order valence-electron chi connectivity index (χ4n) is 3.20. The van der Waals surface area contributed by atoms with Gasteiger partial charge in [0.15, 0.2) is 0 Å². The second-order valence-corrected chi connectivity index (χ2v) is 7.60. The first-order valence-electron chi connectivity index (χ1n) is 6.74. The first-order valence-corrected chi connectivity index (χ1v) is 8.18. The van der Waals surface area contributed by atoms with Crippen molar-refractivity contribution in [3.63, 3.8) is 0 Å². The quantitative estimate of drug-likeness (QED) is 0.828. The zero-order valence-corrected chi connectivity index (χ0v) is 12.0. The van der Waals surface area contributed by atoms with Crippen molar-refractivity contribution in [3.05, 3.63) is 11.9 Å². The number of H-pyrrole nitrogens is 1. The normalized spacial score (nSPS) is 24.1. The molecular formula is C12H20N4O2S. The summed E-state index contributed by atoms with van der Waals surface area (Å²) in [6.45, 7) is 5.03. The number of piperidine rings is 1. The summed E-state index contributed by atoms with van der Waals surface area (Å²) in [6.07, 6.45) is 4.54. The highest BCUT2D eigenvalue weighted by Crippen LogP contribution is 2.40. The Morgan fingerprint density at radius 2 is 2.05 bits per heavy atom. The highest BCUT2D eigenvalue weighted by molar-refractivity contribution is 7.89. The molecule has 3 rings (SSSR count). The molecular weight excluding hydrogens is 264 g/mol. The van der Waals surface area contributed by atoms with Gasteiger partial charge < -0.3 is 5.32 Å². The summed E-state index contributed by atoms with van der Waals surface area (Å²) in [5.74, 6) is 0. The van der Waals surface area contributed by atoms with Crippen LogP contribution in [-0.2, 0) is 10.0 Å². The molecule has 0 bridgehead atoms. The molecule has 3 heterocycles. The van der Waals surface area contributed by atoms with Crippen molar-refractivity contribution >= 4 is 10.0 Å². The standard InChI is InChI=1S/C12H20N4O2S/c1-10-11(8-14-15-10)19(17,18)16-7-4-12(9-16)2-5-13-6-3-12/h8,13H,2-7,9H2,1H3,(H,14,15). The second kappa shape index (κ2) is 4.57. The van der Waals surface area contributed by atoms with Gasteiger partial charge in [-0.3, -0.25) is 5.10 Å².